The van der Waals surface area contributed by atoms with Crippen LogP contribution in [0.5, 0.6) is 0 Å². The van der Waals surface area contributed by atoms with Crippen LogP contribution in [0.2, 0.25) is 0 Å². The minimum absolute atomic E-state index is 0.279. The van der Waals surface area contributed by atoms with Crippen LogP contribution in [0, 0.1) is 0 Å². The number of hydrogen-bond acceptors (Lipinski definition) is 2. The predicted octanol–water partition coefficient (Wildman–Crippen LogP) is 3.71. The van der Waals surface area contributed by atoms with Gasteiger partial charge in [-0.25, -0.2) is 0 Å². The molecule has 0 saturated heterocycles. The Hall–Kier alpha value is -0.960. The van der Waals surface area contributed by atoms with E-state index in [1.807, 2.05) is 28.8 Å². The molecular weight excluding hydrogens is 230 g/mol. The number of carbonyl (C=O) groups excluding carboxylic acids is 1. The molecule has 0 N–H and O–H groups in total. The normalized spacial score (nSPS) is 15.2. The molecule has 0 unspecified atom stereocenters. The number of unbranched alkanes of at least 4 members (excludes halogenated alkanes) is 1. The topological polar surface area (TPSA) is 20.3 Å². The van der Waals surface area contributed by atoms with Crippen molar-refractivity contribution in [1.82, 2.24) is 0 Å². The van der Waals surface area contributed by atoms with E-state index in [9.17, 15) is 4.79 Å². The first kappa shape index (κ1) is 12.5. The van der Waals surface area contributed by atoms with E-state index in [2.05, 4.69) is 19.1 Å². The summed E-state index contributed by atoms with van der Waals surface area (Å²) in [7, 11) is 0. The van der Waals surface area contributed by atoms with Crippen LogP contribution in [0.3, 0.4) is 0 Å². The summed E-state index contributed by atoms with van der Waals surface area (Å²) in [6.07, 6.45) is 3.83. The predicted molar refractivity (Wildman–Crippen MR) is 73.7 cm³/mol. The molecule has 3 heteroatoms. The van der Waals surface area contributed by atoms with E-state index in [0.29, 0.717) is 6.42 Å². The fourth-order valence-electron chi connectivity index (χ4n) is 2.05. The van der Waals surface area contributed by atoms with Gasteiger partial charge in [0, 0.05) is 17.9 Å². The quantitative estimate of drug-likeness (QED) is 0.814. The molecule has 1 amide bonds. The largest absolute Gasteiger partial charge is 0.311 e. The number of nitrogens with zero attached hydrogens (tertiary/aromatic N) is 1. The summed E-state index contributed by atoms with van der Waals surface area (Å²) in [6, 6.07) is 8.25. The van der Waals surface area contributed by atoms with Crippen LogP contribution < -0.4 is 4.90 Å². The second-order valence-electron chi connectivity index (χ2n) is 4.32. The van der Waals surface area contributed by atoms with Crippen LogP contribution in [0.4, 0.5) is 5.69 Å². The molecule has 0 bridgehead atoms. The third-order valence-corrected chi connectivity index (χ3v) is 4.13. The Morgan fingerprint density at radius 1 is 1.41 bits per heavy atom. The summed E-state index contributed by atoms with van der Waals surface area (Å²) in [4.78, 5) is 15.4. The van der Waals surface area contributed by atoms with Crippen molar-refractivity contribution in [2.75, 3.05) is 17.2 Å². The number of hydrogen-bond donors (Lipinski definition) is 0. The minimum Gasteiger partial charge on any atom is -0.311 e. The highest BCUT2D eigenvalue weighted by atomic mass is 32.2. The van der Waals surface area contributed by atoms with Crippen LogP contribution in [0.25, 0.3) is 0 Å². The molecule has 1 aromatic carbocycles. The van der Waals surface area contributed by atoms with Gasteiger partial charge in [0.15, 0.2) is 0 Å². The Kier molecular flexibility index (Phi) is 4.49. The molecule has 1 aliphatic heterocycles. The van der Waals surface area contributed by atoms with Crippen LogP contribution in [-0.4, -0.2) is 18.2 Å². The van der Waals surface area contributed by atoms with Gasteiger partial charge in [0.2, 0.25) is 5.91 Å². The molecule has 92 valence electrons. The van der Waals surface area contributed by atoms with Crippen molar-refractivity contribution in [2.24, 2.45) is 0 Å². The summed E-state index contributed by atoms with van der Waals surface area (Å²) in [5.74, 6) is 1.39. The highest BCUT2D eigenvalue weighted by molar-refractivity contribution is 7.99. The molecule has 2 nitrogen and oxygen atoms in total. The van der Waals surface area contributed by atoms with Gasteiger partial charge in [-0.1, -0.05) is 25.5 Å². The Morgan fingerprint density at radius 2 is 2.24 bits per heavy atom. The van der Waals surface area contributed by atoms with E-state index in [-0.39, 0.29) is 5.91 Å². The average molecular weight is 249 g/mol. The number of rotatable bonds is 3. The molecule has 0 radical (unpaired) electrons. The van der Waals surface area contributed by atoms with Crippen molar-refractivity contribution in [3.05, 3.63) is 24.3 Å². The van der Waals surface area contributed by atoms with E-state index in [1.54, 1.807) is 0 Å². The maximum Gasteiger partial charge on any atom is 0.227 e. The maximum atomic E-state index is 12.2. The lowest BCUT2D eigenvalue weighted by molar-refractivity contribution is -0.118. The van der Waals surface area contributed by atoms with Crippen molar-refractivity contribution in [3.63, 3.8) is 0 Å². The smallest absolute Gasteiger partial charge is 0.227 e. The number of anilines is 1. The number of thioether (sulfide) groups is 1. The summed E-state index contributed by atoms with van der Waals surface area (Å²) in [5.41, 5.74) is 1.11. The molecule has 2 rings (SSSR count). The molecule has 1 aromatic rings. The van der Waals surface area contributed by atoms with Crippen LogP contribution >= 0.6 is 11.8 Å². The van der Waals surface area contributed by atoms with Gasteiger partial charge in [-0.05, 0) is 30.7 Å². The Balaban J connectivity index is 2.19. The van der Waals surface area contributed by atoms with Gasteiger partial charge in [-0.2, -0.15) is 0 Å². The fourth-order valence-corrected chi connectivity index (χ4v) is 3.04. The Bertz CT molecular complexity index is 392. The zero-order valence-electron chi connectivity index (χ0n) is 10.3. The molecular formula is C14H19NOS. The molecule has 1 aliphatic rings. The van der Waals surface area contributed by atoms with Crippen LogP contribution in [0.1, 0.15) is 32.6 Å². The first-order valence-electron chi connectivity index (χ1n) is 6.35. The minimum atomic E-state index is 0.279. The monoisotopic (exact) mass is 249 g/mol. The third-order valence-electron chi connectivity index (χ3n) is 2.98. The van der Waals surface area contributed by atoms with Crippen molar-refractivity contribution < 1.29 is 4.79 Å². The van der Waals surface area contributed by atoms with Gasteiger partial charge >= 0.3 is 0 Å². The number of carbonyl (C=O) groups is 1. The molecule has 0 aromatic heterocycles. The highest BCUT2D eigenvalue weighted by Gasteiger charge is 2.20. The molecule has 0 spiro atoms. The van der Waals surface area contributed by atoms with E-state index in [1.165, 1.54) is 4.90 Å². The van der Waals surface area contributed by atoms with E-state index in [0.717, 1.165) is 37.2 Å². The summed E-state index contributed by atoms with van der Waals surface area (Å²) in [6.45, 7) is 2.99. The maximum absolute atomic E-state index is 12.2. The number of benzene rings is 1. The fraction of sp³-hybridized carbons (Fsp3) is 0.500. The standard InChI is InChI=1S/C14H19NOS/c1-2-3-9-14(16)15-10-6-11-17-13-8-5-4-7-12(13)15/h4-5,7-8H,2-3,6,9-11H2,1H3. The zero-order chi connectivity index (χ0) is 12.1. The average Bonchev–Trinajstić information content (AvgIpc) is 2.58. The van der Waals surface area contributed by atoms with Gasteiger partial charge < -0.3 is 4.90 Å². The van der Waals surface area contributed by atoms with Crippen molar-refractivity contribution in [2.45, 2.75) is 37.5 Å². The number of para-hydroxylation sites is 1. The van der Waals surface area contributed by atoms with Crippen LogP contribution in [-0.2, 0) is 4.79 Å². The zero-order valence-corrected chi connectivity index (χ0v) is 11.1. The first-order chi connectivity index (χ1) is 8.33. The summed E-state index contributed by atoms with van der Waals surface area (Å²) < 4.78 is 0. The Morgan fingerprint density at radius 3 is 3.06 bits per heavy atom. The number of amides is 1. The SMILES string of the molecule is CCCCC(=O)N1CCCSc2ccccc21. The van der Waals surface area contributed by atoms with Crippen molar-refractivity contribution >= 4 is 23.4 Å². The Labute approximate surface area is 107 Å². The van der Waals surface area contributed by atoms with Crippen LogP contribution in [0.15, 0.2) is 29.2 Å². The van der Waals surface area contributed by atoms with E-state index < -0.39 is 0 Å². The van der Waals surface area contributed by atoms with Crippen molar-refractivity contribution in [3.8, 4) is 0 Å². The molecule has 1 heterocycles. The second kappa shape index (κ2) is 6.10. The molecule has 0 aliphatic carbocycles. The summed E-state index contributed by atoms with van der Waals surface area (Å²) in [5, 5.41) is 0. The lowest BCUT2D eigenvalue weighted by atomic mass is 10.2. The first-order valence-corrected chi connectivity index (χ1v) is 7.33. The second-order valence-corrected chi connectivity index (χ2v) is 5.46. The number of fused-ring (bicyclic) bond motifs is 1. The van der Waals surface area contributed by atoms with Gasteiger partial charge in [0.05, 0.1) is 5.69 Å². The van der Waals surface area contributed by atoms with Gasteiger partial charge in [0.25, 0.3) is 0 Å². The lowest BCUT2D eigenvalue weighted by Crippen LogP contribution is -2.31. The third kappa shape index (κ3) is 3.03. The highest BCUT2D eigenvalue weighted by Crippen LogP contribution is 2.33. The summed E-state index contributed by atoms with van der Waals surface area (Å²) >= 11 is 1.86. The molecule has 0 fully saturated rings. The van der Waals surface area contributed by atoms with Gasteiger partial charge in [-0.15, -0.1) is 11.8 Å². The molecule has 0 saturated carbocycles. The molecule has 0 atom stereocenters. The van der Waals surface area contributed by atoms with Gasteiger partial charge in [-0.3, -0.25) is 4.79 Å². The van der Waals surface area contributed by atoms with Crippen molar-refractivity contribution in [1.29, 1.82) is 0 Å². The molecule has 17 heavy (non-hydrogen) atoms. The van der Waals surface area contributed by atoms with E-state index >= 15 is 0 Å². The van der Waals surface area contributed by atoms with Gasteiger partial charge in [0.1, 0.15) is 0 Å². The lowest BCUT2D eigenvalue weighted by Gasteiger charge is -2.22. The van der Waals surface area contributed by atoms with E-state index in [4.69, 9.17) is 0 Å².